The molecule has 2 amide bonds. The number of urea groups is 1. The number of nitrogens with one attached hydrogen (secondary N) is 1. The molecule has 1 aromatic heterocycles. The molecule has 1 N–H and O–H groups in total. The minimum atomic E-state index is -0.00766. The Morgan fingerprint density at radius 1 is 1.52 bits per heavy atom. The van der Waals surface area contributed by atoms with Crippen LogP contribution in [0.4, 0.5) is 4.79 Å². The van der Waals surface area contributed by atoms with E-state index in [4.69, 9.17) is 4.74 Å². The number of carbonyl (C=O) groups excluding carboxylic acids is 1. The van der Waals surface area contributed by atoms with Crippen molar-refractivity contribution in [1.82, 2.24) is 19.8 Å². The summed E-state index contributed by atoms with van der Waals surface area (Å²) in [5.41, 5.74) is 0.125. The van der Waals surface area contributed by atoms with Gasteiger partial charge < -0.3 is 19.5 Å². The van der Waals surface area contributed by atoms with Gasteiger partial charge >= 0.3 is 6.03 Å². The van der Waals surface area contributed by atoms with Gasteiger partial charge in [-0.25, -0.2) is 9.78 Å². The van der Waals surface area contributed by atoms with Crippen LogP contribution in [0.5, 0.6) is 0 Å². The molecule has 0 radical (unpaired) electrons. The smallest absolute Gasteiger partial charge is 0.318 e. The Morgan fingerprint density at radius 3 is 3.10 bits per heavy atom. The van der Waals surface area contributed by atoms with Gasteiger partial charge in [-0.05, 0) is 12.3 Å². The quantitative estimate of drug-likeness (QED) is 0.918. The summed E-state index contributed by atoms with van der Waals surface area (Å²) in [4.78, 5) is 18.7. The number of nitrogens with zero attached hydrogens (tertiary/aromatic N) is 3. The van der Waals surface area contributed by atoms with E-state index in [1.807, 2.05) is 15.7 Å². The van der Waals surface area contributed by atoms with Crippen LogP contribution in [-0.2, 0) is 17.8 Å². The molecule has 0 saturated carbocycles. The van der Waals surface area contributed by atoms with Crippen molar-refractivity contribution >= 4 is 6.03 Å². The Labute approximate surface area is 125 Å². The van der Waals surface area contributed by atoms with Crippen LogP contribution < -0.4 is 5.32 Å². The van der Waals surface area contributed by atoms with Gasteiger partial charge in [0.15, 0.2) is 0 Å². The Kier molecular flexibility index (Phi) is 3.65. The van der Waals surface area contributed by atoms with Crippen molar-refractivity contribution in [2.75, 3.05) is 19.8 Å². The maximum absolute atomic E-state index is 12.5. The third-order valence-corrected chi connectivity index (χ3v) is 4.83. The molecule has 1 aromatic rings. The average Bonchev–Trinajstić information content (AvgIpc) is 3.13. The van der Waals surface area contributed by atoms with Gasteiger partial charge in [0.2, 0.25) is 0 Å². The van der Waals surface area contributed by atoms with Crippen molar-refractivity contribution in [3.05, 3.63) is 18.2 Å². The summed E-state index contributed by atoms with van der Waals surface area (Å²) in [5, 5.41) is 3.00. The van der Waals surface area contributed by atoms with Gasteiger partial charge in [-0.3, -0.25) is 0 Å². The van der Waals surface area contributed by atoms with E-state index in [1.165, 1.54) is 0 Å². The number of amides is 2. The number of ether oxygens (including phenoxy) is 1. The topological polar surface area (TPSA) is 59.4 Å². The second-order valence-electron chi connectivity index (χ2n) is 6.62. The van der Waals surface area contributed by atoms with Crippen molar-refractivity contribution in [3.8, 4) is 0 Å². The van der Waals surface area contributed by atoms with E-state index in [0.717, 1.165) is 25.5 Å². The zero-order valence-electron chi connectivity index (χ0n) is 13.0. The predicted molar refractivity (Wildman–Crippen MR) is 78.7 cm³/mol. The molecule has 21 heavy (non-hydrogen) atoms. The first-order valence-electron chi connectivity index (χ1n) is 7.65. The van der Waals surface area contributed by atoms with E-state index < -0.39 is 0 Å². The standard InChI is InChI=1S/C15H24N4O2/c1-4-18-6-5-16-13(18)7-17-14(20)19-10-15(2,3)11-8-21-9-12(11)19/h5-6,11-12H,4,7-10H2,1-3H3,(H,17,20)/t11-,12+/m1/s1. The van der Waals surface area contributed by atoms with Crippen LogP contribution in [0.25, 0.3) is 0 Å². The van der Waals surface area contributed by atoms with Crippen molar-refractivity contribution in [2.45, 2.75) is 39.9 Å². The maximum Gasteiger partial charge on any atom is 0.318 e. The molecule has 116 valence electrons. The van der Waals surface area contributed by atoms with Crippen LogP contribution in [0.3, 0.4) is 0 Å². The van der Waals surface area contributed by atoms with E-state index in [9.17, 15) is 4.79 Å². The Balaban J connectivity index is 1.63. The van der Waals surface area contributed by atoms with Crippen LogP contribution in [0, 0.1) is 11.3 Å². The molecule has 0 bridgehead atoms. The van der Waals surface area contributed by atoms with Crippen LogP contribution in [0.1, 0.15) is 26.6 Å². The fourth-order valence-electron chi connectivity index (χ4n) is 3.54. The lowest BCUT2D eigenvalue weighted by Crippen LogP contribution is -2.44. The molecule has 6 nitrogen and oxygen atoms in total. The van der Waals surface area contributed by atoms with Crippen LogP contribution in [0.2, 0.25) is 0 Å². The molecule has 0 unspecified atom stereocenters. The number of hydrogen-bond donors (Lipinski definition) is 1. The highest BCUT2D eigenvalue weighted by atomic mass is 16.5. The van der Waals surface area contributed by atoms with Crippen molar-refractivity contribution in [2.24, 2.45) is 11.3 Å². The van der Waals surface area contributed by atoms with E-state index in [-0.39, 0.29) is 17.5 Å². The number of rotatable bonds is 3. The zero-order chi connectivity index (χ0) is 15.0. The summed E-state index contributed by atoms with van der Waals surface area (Å²) in [6, 6.07) is 0.206. The lowest BCUT2D eigenvalue weighted by atomic mass is 9.80. The highest BCUT2D eigenvalue weighted by Crippen LogP contribution is 2.43. The monoisotopic (exact) mass is 292 g/mol. The fourth-order valence-corrected chi connectivity index (χ4v) is 3.54. The molecule has 3 rings (SSSR count). The molecule has 3 heterocycles. The van der Waals surface area contributed by atoms with E-state index in [1.54, 1.807) is 6.20 Å². The zero-order valence-corrected chi connectivity index (χ0v) is 13.0. The van der Waals surface area contributed by atoms with Crippen LogP contribution in [-0.4, -0.2) is 46.3 Å². The largest absolute Gasteiger partial charge is 0.379 e. The first kappa shape index (κ1) is 14.4. The van der Waals surface area contributed by atoms with Crippen molar-refractivity contribution in [3.63, 3.8) is 0 Å². The molecule has 2 aliphatic rings. The molecule has 2 aliphatic heterocycles. The highest BCUT2D eigenvalue weighted by Gasteiger charge is 2.51. The second-order valence-corrected chi connectivity index (χ2v) is 6.62. The molecule has 2 fully saturated rings. The molecule has 0 aliphatic carbocycles. The number of hydrogen-bond acceptors (Lipinski definition) is 3. The molecule has 2 saturated heterocycles. The molecule has 0 spiro atoms. The number of likely N-dealkylation sites (tertiary alicyclic amines) is 1. The van der Waals surface area contributed by atoms with E-state index in [0.29, 0.717) is 19.1 Å². The van der Waals surface area contributed by atoms with Crippen molar-refractivity contribution < 1.29 is 9.53 Å². The average molecular weight is 292 g/mol. The Morgan fingerprint density at radius 2 is 2.33 bits per heavy atom. The van der Waals surface area contributed by atoms with E-state index in [2.05, 4.69) is 31.1 Å². The van der Waals surface area contributed by atoms with Gasteiger partial charge in [-0.2, -0.15) is 0 Å². The third-order valence-electron chi connectivity index (χ3n) is 4.83. The minimum Gasteiger partial charge on any atom is -0.379 e. The highest BCUT2D eigenvalue weighted by molar-refractivity contribution is 5.75. The summed E-state index contributed by atoms with van der Waals surface area (Å²) in [6.45, 7) is 10.0. The molecular formula is C15H24N4O2. The van der Waals surface area contributed by atoms with Gasteiger partial charge in [-0.15, -0.1) is 0 Å². The predicted octanol–water partition coefficient (Wildman–Crippen LogP) is 1.47. The fraction of sp³-hybridized carbons (Fsp3) is 0.733. The number of aryl methyl sites for hydroxylation is 1. The number of aromatic nitrogens is 2. The summed E-state index contributed by atoms with van der Waals surface area (Å²) in [6.07, 6.45) is 3.70. The molecule has 2 atom stereocenters. The summed E-state index contributed by atoms with van der Waals surface area (Å²) < 4.78 is 7.61. The summed E-state index contributed by atoms with van der Waals surface area (Å²) >= 11 is 0. The Hall–Kier alpha value is -1.56. The van der Waals surface area contributed by atoms with Gasteiger partial charge in [-0.1, -0.05) is 13.8 Å². The number of fused-ring (bicyclic) bond motifs is 1. The van der Waals surface area contributed by atoms with Crippen molar-refractivity contribution in [1.29, 1.82) is 0 Å². The minimum absolute atomic E-state index is 0.00766. The van der Waals surface area contributed by atoms with E-state index >= 15 is 0 Å². The maximum atomic E-state index is 12.5. The van der Waals surface area contributed by atoms with Gasteiger partial charge in [0.05, 0.1) is 25.8 Å². The molecule has 0 aromatic carbocycles. The van der Waals surface area contributed by atoms with Gasteiger partial charge in [0.25, 0.3) is 0 Å². The first-order valence-corrected chi connectivity index (χ1v) is 7.65. The number of imidazole rings is 1. The molecule has 6 heteroatoms. The van der Waals surface area contributed by atoms with Gasteiger partial charge in [0, 0.05) is 31.4 Å². The number of carbonyl (C=O) groups is 1. The molecular weight excluding hydrogens is 268 g/mol. The normalized spacial score (nSPS) is 26.9. The third kappa shape index (κ3) is 2.52. The van der Waals surface area contributed by atoms with Gasteiger partial charge in [0.1, 0.15) is 5.82 Å². The second kappa shape index (κ2) is 5.33. The first-order chi connectivity index (χ1) is 10.0. The van der Waals surface area contributed by atoms with Crippen LogP contribution in [0.15, 0.2) is 12.4 Å². The Bertz CT molecular complexity index is 525. The summed E-state index contributed by atoms with van der Waals surface area (Å²) in [5.74, 6) is 1.34. The summed E-state index contributed by atoms with van der Waals surface area (Å²) in [7, 11) is 0. The SMILES string of the molecule is CCn1ccnc1CNC(=O)N1CC(C)(C)[C@@H]2COC[C@@H]21. The van der Waals surface area contributed by atoms with Crippen LogP contribution >= 0.6 is 0 Å². The lowest BCUT2D eigenvalue weighted by Gasteiger charge is -2.24. The lowest BCUT2D eigenvalue weighted by molar-refractivity contribution is 0.124.